The summed E-state index contributed by atoms with van der Waals surface area (Å²) in [5.41, 5.74) is -0.336. The molecule has 1 aromatic carbocycles. The molecular formula is C19H28F3N3O2. The lowest BCUT2D eigenvalue weighted by Crippen LogP contribution is -2.59. The van der Waals surface area contributed by atoms with Crippen LogP contribution < -0.4 is 10.6 Å². The van der Waals surface area contributed by atoms with Crippen LogP contribution in [0.4, 0.5) is 18.0 Å². The van der Waals surface area contributed by atoms with Crippen molar-refractivity contribution in [3.8, 4) is 0 Å². The van der Waals surface area contributed by atoms with E-state index in [2.05, 4.69) is 29.4 Å². The average Bonchev–Trinajstić information content (AvgIpc) is 2.57. The Morgan fingerprint density at radius 1 is 1.11 bits per heavy atom. The summed E-state index contributed by atoms with van der Waals surface area (Å²) in [6.45, 7) is 10.4. The molecular weight excluding hydrogens is 359 g/mol. The van der Waals surface area contributed by atoms with Crippen molar-refractivity contribution in [1.29, 1.82) is 0 Å². The van der Waals surface area contributed by atoms with Crippen LogP contribution in [0.25, 0.3) is 0 Å². The first kappa shape index (κ1) is 21.5. The van der Waals surface area contributed by atoms with Gasteiger partial charge in [0.15, 0.2) is 0 Å². The van der Waals surface area contributed by atoms with Crippen molar-refractivity contribution < 1.29 is 22.7 Å². The number of carbonyl (C=O) groups excluding carboxylic acids is 1. The number of hydrogen-bond acceptors (Lipinski definition) is 3. The summed E-state index contributed by atoms with van der Waals surface area (Å²) in [4.78, 5) is 14.3. The standard InChI is InChI=1S/C19H28F3N3O2/c1-13-10-25(11-14(2)27-13)18(3,4)12-24-17(26)23-9-15-5-7-16(8-6-15)19(20,21)22/h5-8,13-14H,9-12H2,1-4H3,(H2,23,24,26). The van der Waals surface area contributed by atoms with Crippen molar-refractivity contribution in [3.63, 3.8) is 0 Å². The fourth-order valence-corrected chi connectivity index (χ4v) is 3.14. The van der Waals surface area contributed by atoms with Gasteiger partial charge in [-0.15, -0.1) is 0 Å². The molecule has 2 unspecified atom stereocenters. The highest BCUT2D eigenvalue weighted by Gasteiger charge is 2.33. The maximum absolute atomic E-state index is 12.6. The van der Waals surface area contributed by atoms with Crippen LogP contribution in [0.5, 0.6) is 0 Å². The number of morpholine rings is 1. The van der Waals surface area contributed by atoms with Gasteiger partial charge in [-0.3, -0.25) is 4.90 Å². The van der Waals surface area contributed by atoms with Gasteiger partial charge in [0, 0.05) is 31.7 Å². The molecule has 0 spiro atoms. The number of ether oxygens (including phenoxy) is 1. The van der Waals surface area contributed by atoms with Crippen LogP contribution in [0, 0.1) is 0 Å². The van der Waals surface area contributed by atoms with Gasteiger partial charge in [-0.1, -0.05) is 12.1 Å². The van der Waals surface area contributed by atoms with Gasteiger partial charge in [0.2, 0.25) is 0 Å². The van der Waals surface area contributed by atoms with E-state index in [4.69, 9.17) is 4.74 Å². The first-order chi connectivity index (χ1) is 12.5. The molecule has 0 saturated carbocycles. The van der Waals surface area contributed by atoms with Gasteiger partial charge in [0.05, 0.1) is 17.8 Å². The quantitative estimate of drug-likeness (QED) is 0.814. The van der Waals surface area contributed by atoms with Crippen molar-refractivity contribution in [2.24, 2.45) is 0 Å². The SMILES string of the molecule is CC1CN(C(C)(C)CNC(=O)NCc2ccc(C(F)(F)F)cc2)CC(C)O1. The molecule has 1 heterocycles. The van der Waals surface area contributed by atoms with E-state index in [1.165, 1.54) is 12.1 Å². The van der Waals surface area contributed by atoms with Crippen molar-refractivity contribution in [1.82, 2.24) is 15.5 Å². The van der Waals surface area contributed by atoms with Crippen LogP contribution in [0.15, 0.2) is 24.3 Å². The van der Waals surface area contributed by atoms with Gasteiger partial charge in [0.25, 0.3) is 0 Å². The van der Waals surface area contributed by atoms with Crippen LogP contribution >= 0.6 is 0 Å². The third kappa shape index (κ3) is 6.39. The monoisotopic (exact) mass is 387 g/mol. The van der Waals surface area contributed by atoms with Crippen molar-refractivity contribution >= 4 is 6.03 Å². The van der Waals surface area contributed by atoms with Gasteiger partial charge in [-0.05, 0) is 45.4 Å². The number of nitrogens with one attached hydrogen (secondary N) is 2. The first-order valence-electron chi connectivity index (χ1n) is 9.06. The van der Waals surface area contributed by atoms with E-state index in [0.29, 0.717) is 12.1 Å². The molecule has 152 valence electrons. The number of amides is 2. The molecule has 8 heteroatoms. The minimum Gasteiger partial charge on any atom is -0.373 e. The molecule has 0 aliphatic carbocycles. The second-order valence-corrected chi connectivity index (χ2v) is 7.71. The number of carbonyl (C=O) groups is 1. The Kier molecular flexibility index (Phi) is 6.75. The molecule has 2 atom stereocenters. The zero-order valence-corrected chi connectivity index (χ0v) is 16.2. The summed E-state index contributed by atoms with van der Waals surface area (Å²) in [6, 6.07) is 4.40. The van der Waals surface area contributed by atoms with E-state index in [0.717, 1.165) is 25.2 Å². The van der Waals surface area contributed by atoms with Gasteiger partial charge >= 0.3 is 12.2 Å². The van der Waals surface area contributed by atoms with Crippen LogP contribution in [0.3, 0.4) is 0 Å². The Morgan fingerprint density at radius 3 is 2.19 bits per heavy atom. The summed E-state index contributed by atoms with van der Waals surface area (Å²) in [5.74, 6) is 0. The molecule has 0 radical (unpaired) electrons. The molecule has 27 heavy (non-hydrogen) atoms. The van der Waals surface area contributed by atoms with E-state index in [1.807, 2.05) is 13.8 Å². The first-order valence-corrected chi connectivity index (χ1v) is 9.06. The summed E-state index contributed by atoms with van der Waals surface area (Å²) in [6.07, 6.45) is -4.08. The Balaban J connectivity index is 1.80. The fourth-order valence-electron chi connectivity index (χ4n) is 3.14. The maximum atomic E-state index is 12.6. The van der Waals surface area contributed by atoms with Crippen LogP contribution in [-0.2, 0) is 17.5 Å². The van der Waals surface area contributed by atoms with E-state index in [9.17, 15) is 18.0 Å². The lowest BCUT2D eigenvalue weighted by atomic mass is 10.00. The lowest BCUT2D eigenvalue weighted by Gasteiger charge is -2.45. The smallest absolute Gasteiger partial charge is 0.373 e. The molecule has 2 rings (SSSR count). The Hall–Kier alpha value is -1.80. The topological polar surface area (TPSA) is 53.6 Å². The van der Waals surface area contributed by atoms with Crippen molar-refractivity contribution in [3.05, 3.63) is 35.4 Å². The third-order valence-electron chi connectivity index (χ3n) is 4.69. The largest absolute Gasteiger partial charge is 0.416 e. The highest BCUT2D eigenvalue weighted by atomic mass is 19.4. The molecule has 1 aromatic rings. The van der Waals surface area contributed by atoms with Gasteiger partial charge in [-0.2, -0.15) is 13.2 Å². The Bertz CT molecular complexity index is 622. The highest BCUT2D eigenvalue weighted by molar-refractivity contribution is 5.73. The number of benzene rings is 1. The number of urea groups is 1. The molecule has 0 aromatic heterocycles. The minimum absolute atomic E-state index is 0.140. The Morgan fingerprint density at radius 2 is 1.67 bits per heavy atom. The molecule has 1 fully saturated rings. The molecule has 5 nitrogen and oxygen atoms in total. The van der Waals surface area contributed by atoms with E-state index in [1.54, 1.807) is 0 Å². The summed E-state index contributed by atoms with van der Waals surface area (Å²) in [7, 11) is 0. The van der Waals surface area contributed by atoms with Crippen molar-refractivity contribution in [2.75, 3.05) is 19.6 Å². The summed E-state index contributed by atoms with van der Waals surface area (Å²) >= 11 is 0. The van der Waals surface area contributed by atoms with E-state index in [-0.39, 0.29) is 30.3 Å². The normalized spacial score (nSPS) is 21.7. The van der Waals surface area contributed by atoms with Gasteiger partial charge in [-0.25, -0.2) is 4.79 Å². The number of halogens is 3. The summed E-state index contributed by atoms with van der Waals surface area (Å²) in [5, 5.41) is 5.52. The van der Waals surface area contributed by atoms with Crippen LogP contribution in [0.2, 0.25) is 0 Å². The average molecular weight is 387 g/mol. The molecule has 1 aliphatic heterocycles. The van der Waals surface area contributed by atoms with Gasteiger partial charge in [0.1, 0.15) is 0 Å². The Labute approximate surface area is 158 Å². The third-order valence-corrected chi connectivity index (χ3v) is 4.69. The zero-order valence-electron chi connectivity index (χ0n) is 16.2. The summed E-state index contributed by atoms with van der Waals surface area (Å²) < 4.78 is 43.4. The van der Waals surface area contributed by atoms with Crippen molar-refractivity contribution in [2.45, 2.75) is 58.2 Å². The van der Waals surface area contributed by atoms with E-state index >= 15 is 0 Å². The fraction of sp³-hybridized carbons (Fsp3) is 0.632. The van der Waals surface area contributed by atoms with Gasteiger partial charge < -0.3 is 15.4 Å². The lowest BCUT2D eigenvalue weighted by molar-refractivity contribution is -0.137. The zero-order chi connectivity index (χ0) is 20.2. The molecule has 1 saturated heterocycles. The predicted molar refractivity (Wildman–Crippen MR) is 97.3 cm³/mol. The number of hydrogen-bond donors (Lipinski definition) is 2. The molecule has 1 aliphatic rings. The predicted octanol–water partition coefficient (Wildman–Crippen LogP) is 3.39. The second kappa shape index (κ2) is 8.48. The molecule has 0 bridgehead atoms. The highest BCUT2D eigenvalue weighted by Crippen LogP contribution is 2.29. The van der Waals surface area contributed by atoms with Crippen LogP contribution in [0.1, 0.15) is 38.8 Å². The van der Waals surface area contributed by atoms with Crippen LogP contribution in [-0.4, -0.2) is 48.3 Å². The number of alkyl halides is 3. The second-order valence-electron chi connectivity index (χ2n) is 7.71. The minimum atomic E-state index is -4.36. The van der Waals surface area contributed by atoms with E-state index < -0.39 is 11.7 Å². The molecule has 2 amide bonds. The molecule has 2 N–H and O–H groups in total. The maximum Gasteiger partial charge on any atom is 0.416 e. The number of rotatable bonds is 5. The number of nitrogens with zero attached hydrogens (tertiary/aromatic N) is 1.